The molecule has 0 spiro atoms. The highest BCUT2D eigenvalue weighted by atomic mass is 16.4. The predicted molar refractivity (Wildman–Crippen MR) is 81.1 cm³/mol. The minimum Gasteiger partial charge on any atom is -0.478 e. The normalized spacial score (nSPS) is 19.4. The van der Waals surface area contributed by atoms with Gasteiger partial charge < -0.3 is 10.0 Å². The van der Waals surface area contributed by atoms with Gasteiger partial charge in [0.15, 0.2) is 0 Å². The van der Waals surface area contributed by atoms with E-state index in [-0.39, 0.29) is 5.91 Å². The summed E-state index contributed by atoms with van der Waals surface area (Å²) >= 11 is 0. The second-order valence-corrected chi connectivity index (χ2v) is 5.76. The molecule has 4 heteroatoms. The van der Waals surface area contributed by atoms with Crippen LogP contribution < -0.4 is 0 Å². The van der Waals surface area contributed by atoms with Crippen molar-refractivity contribution in [3.63, 3.8) is 0 Å². The van der Waals surface area contributed by atoms with E-state index in [0.29, 0.717) is 30.0 Å². The van der Waals surface area contributed by atoms with Gasteiger partial charge in [0.05, 0.1) is 5.56 Å². The largest absolute Gasteiger partial charge is 0.478 e. The monoisotopic (exact) mass is 289 g/mol. The number of carboxylic acid groups (broad SMARTS) is 1. The minimum atomic E-state index is -0.934. The van der Waals surface area contributed by atoms with E-state index in [1.165, 1.54) is 6.42 Å². The average Bonchev–Trinajstić information content (AvgIpc) is 2.64. The molecule has 1 fully saturated rings. The van der Waals surface area contributed by atoms with E-state index < -0.39 is 5.97 Å². The van der Waals surface area contributed by atoms with E-state index >= 15 is 0 Å². The first-order chi connectivity index (χ1) is 10.1. The third-order valence-corrected chi connectivity index (χ3v) is 4.23. The van der Waals surface area contributed by atoms with Gasteiger partial charge in [-0.05, 0) is 30.4 Å². The molecule has 1 aromatic carbocycles. The summed E-state index contributed by atoms with van der Waals surface area (Å²) in [5, 5.41) is 9.23. The van der Waals surface area contributed by atoms with Crippen LogP contribution in [0.1, 0.15) is 54.9 Å². The fourth-order valence-electron chi connectivity index (χ4n) is 3.03. The quantitative estimate of drug-likeness (QED) is 0.904. The summed E-state index contributed by atoms with van der Waals surface area (Å²) in [5.74, 6) is -0.163. The molecular weight excluding hydrogens is 266 g/mol. The van der Waals surface area contributed by atoms with Crippen molar-refractivity contribution in [1.29, 1.82) is 0 Å². The lowest BCUT2D eigenvalue weighted by Crippen LogP contribution is -2.30. The Morgan fingerprint density at radius 2 is 2.10 bits per heavy atom. The maximum absolute atomic E-state index is 12.2. The smallest absolute Gasteiger partial charge is 0.336 e. The second kappa shape index (κ2) is 7.25. The standard InChI is InChI=1S/C17H23NO3/c1-2-5-13-8-9-16(19)18(11-10-13)12-14-6-3-4-7-15(14)17(20)21/h3-4,6-7,13H,2,5,8-12H2,1H3,(H,20,21). The molecule has 1 unspecified atom stereocenters. The number of carbonyl (C=O) groups is 2. The fourth-order valence-corrected chi connectivity index (χ4v) is 3.03. The Morgan fingerprint density at radius 3 is 2.81 bits per heavy atom. The van der Waals surface area contributed by atoms with Gasteiger partial charge in [-0.15, -0.1) is 0 Å². The Balaban J connectivity index is 2.08. The maximum atomic E-state index is 12.2. The summed E-state index contributed by atoms with van der Waals surface area (Å²) < 4.78 is 0. The first kappa shape index (κ1) is 15.5. The van der Waals surface area contributed by atoms with Crippen LogP contribution >= 0.6 is 0 Å². The highest BCUT2D eigenvalue weighted by Crippen LogP contribution is 2.24. The second-order valence-electron chi connectivity index (χ2n) is 5.76. The van der Waals surface area contributed by atoms with Gasteiger partial charge in [-0.3, -0.25) is 4.79 Å². The van der Waals surface area contributed by atoms with Crippen LogP contribution in [0.5, 0.6) is 0 Å². The van der Waals surface area contributed by atoms with Crippen molar-refractivity contribution >= 4 is 11.9 Å². The summed E-state index contributed by atoms with van der Waals surface area (Å²) in [6.45, 7) is 3.31. The van der Waals surface area contributed by atoms with E-state index in [2.05, 4.69) is 6.92 Å². The molecule has 0 saturated carbocycles. The third kappa shape index (κ3) is 4.06. The van der Waals surface area contributed by atoms with Crippen molar-refractivity contribution in [1.82, 2.24) is 4.90 Å². The number of hydrogen-bond acceptors (Lipinski definition) is 2. The number of benzene rings is 1. The van der Waals surface area contributed by atoms with Gasteiger partial charge in [0.1, 0.15) is 0 Å². The van der Waals surface area contributed by atoms with Crippen LogP contribution in [-0.4, -0.2) is 28.4 Å². The van der Waals surface area contributed by atoms with Gasteiger partial charge >= 0.3 is 5.97 Å². The zero-order valence-corrected chi connectivity index (χ0v) is 12.5. The Hall–Kier alpha value is -1.84. The summed E-state index contributed by atoms with van der Waals surface area (Å²) in [5.41, 5.74) is 1.01. The molecule has 1 amide bonds. The van der Waals surface area contributed by atoms with Crippen LogP contribution in [0.2, 0.25) is 0 Å². The van der Waals surface area contributed by atoms with Crippen molar-refractivity contribution in [3.8, 4) is 0 Å². The molecule has 0 radical (unpaired) electrons. The van der Waals surface area contributed by atoms with Crippen LogP contribution in [0.15, 0.2) is 24.3 Å². The van der Waals surface area contributed by atoms with Gasteiger partial charge in [0.25, 0.3) is 0 Å². The first-order valence-electron chi connectivity index (χ1n) is 7.70. The molecule has 1 aliphatic rings. The van der Waals surface area contributed by atoms with Crippen molar-refractivity contribution in [2.45, 2.75) is 45.6 Å². The molecule has 1 heterocycles. The maximum Gasteiger partial charge on any atom is 0.336 e. The highest BCUT2D eigenvalue weighted by molar-refractivity contribution is 5.89. The van der Waals surface area contributed by atoms with Crippen molar-refractivity contribution < 1.29 is 14.7 Å². The van der Waals surface area contributed by atoms with E-state index in [4.69, 9.17) is 0 Å². The van der Waals surface area contributed by atoms with Gasteiger partial charge in [-0.1, -0.05) is 38.0 Å². The van der Waals surface area contributed by atoms with Crippen LogP contribution in [0, 0.1) is 5.92 Å². The highest BCUT2D eigenvalue weighted by Gasteiger charge is 2.23. The first-order valence-corrected chi connectivity index (χ1v) is 7.70. The molecule has 2 rings (SSSR count). The number of hydrogen-bond donors (Lipinski definition) is 1. The Labute approximate surface area is 125 Å². The number of carboxylic acids is 1. The van der Waals surface area contributed by atoms with Crippen molar-refractivity contribution in [2.24, 2.45) is 5.92 Å². The fraction of sp³-hybridized carbons (Fsp3) is 0.529. The van der Waals surface area contributed by atoms with E-state index in [1.54, 1.807) is 18.2 Å². The topological polar surface area (TPSA) is 57.6 Å². The van der Waals surface area contributed by atoms with E-state index in [1.807, 2.05) is 11.0 Å². The van der Waals surface area contributed by atoms with Gasteiger partial charge in [-0.2, -0.15) is 0 Å². The SMILES string of the molecule is CCCC1CCC(=O)N(Cc2ccccc2C(=O)O)CC1. The van der Waals surface area contributed by atoms with Crippen LogP contribution in [0.3, 0.4) is 0 Å². The lowest BCUT2D eigenvalue weighted by atomic mass is 9.96. The van der Waals surface area contributed by atoms with Gasteiger partial charge in [0, 0.05) is 19.5 Å². The molecule has 0 aliphatic carbocycles. The molecule has 1 N–H and O–H groups in total. The van der Waals surface area contributed by atoms with Gasteiger partial charge in [0.2, 0.25) is 5.91 Å². The summed E-state index contributed by atoms with van der Waals surface area (Å²) in [6, 6.07) is 6.93. The number of likely N-dealkylation sites (tertiary alicyclic amines) is 1. The van der Waals surface area contributed by atoms with Crippen LogP contribution in [0.25, 0.3) is 0 Å². The zero-order chi connectivity index (χ0) is 15.2. The molecule has 1 saturated heterocycles. The molecular formula is C17H23NO3. The predicted octanol–water partition coefficient (Wildman–Crippen LogP) is 3.31. The molecule has 1 aliphatic heterocycles. The molecule has 0 bridgehead atoms. The molecule has 0 aromatic heterocycles. The minimum absolute atomic E-state index is 0.147. The van der Waals surface area contributed by atoms with Gasteiger partial charge in [-0.25, -0.2) is 4.79 Å². The zero-order valence-electron chi connectivity index (χ0n) is 12.5. The summed E-state index contributed by atoms with van der Waals surface area (Å²) in [6.07, 6.45) is 4.89. The molecule has 1 aromatic rings. The lowest BCUT2D eigenvalue weighted by Gasteiger charge is -2.22. The van der Waals surface area contributed by atoms with Crippen molar-refractivity contribution in [3.05, 3.63) is 35.4 Å². The molecule has 4 nitrogen and oxygen atoms in total. The lowest BCUT2D eigenvalue weighted by molar-refractivity contribution is -0.131. The van der Waals surface area contributed by atoms with Crippen LogP contribution in [0.4, 0.5) is 0 Å². The van der Waals surface area contributed by atoms with Crippen molar-refractivity contribution in [2.75, 3.05) is 6.54 Å². The Kier molecular flexibility index (Phi) is 5.37. The molecule has 21 heavy (non-hydrogen) atoms. The number of amides is 1. The van der Waals surface area contributed by atoms with E-state index in [0.717, 1.165) is 25.8 Å². The summed E-state index contributed by atoms with van der Waals surface area (Å²) in [7, 11) is 0. The number of nitrogens with zero attached hydrogens (tertiary/aromatic N) is 1. The molecule has 1 atom stereocenters. The Morgan fingerprint density at radius 1 is 1.33 bits per heavy atom. The third-order valence-electron chi connectivity index (χ3n) is 4.23. The number of carbonyl (C=O) groups excluding carboxylic acids is 1. The number of aromatic carboxylic acids is 1. The average molecular weight is 289 g/mol. The molecule has 114 valence electrons. The number of rotatable bonds is 5. The van der Waals surface area contributed by atoms with E-state index in [9.17, 15) is 14.7 Å². The summed E-state index contributed by atoms with van der Waals surface area (Å²) in [4.78, 5) is 25.3. The Bertz CT molecular complexity index is 513. The van der Waals surface area contributed by atoms with Crippen LogP contribution in [-0.2, 0) is 11.3 Å².